The second kappa shape index (κ2) is 9.20. The van der Waals surface area contributed by atoms with Gasteiger partial charge in [-0.15, -0.1) is 0 Å². The molecule has 1 N–H and O–H groups in total. The molecule has 8 nitrogen and oxygen atoms in total. The van der Waals surface area contributed by atoms with Crippen LogP contribution < -0.4 is 4.90 Å². The molecule has 0 amide bonds. The number of hydrogen-bond acceptors (Lipinski definition) is 5. The normalized spacial score (nSPS) is 14.2. The van der Waals surface area contributed by atoms with Gasteiger partial charge in [-0.2, -0.15) is 5.10 Å². The molecule has 1 aliphatic heterocycles. The quantitative estimate of drug-likeness (QED) is 0.372. The molecule has 0 unspecified atom stereocenters. The molecule has 0 saturated heterocycles. The highest BCUT2D eigenvalue weighted by Gasteiger charge is 2.29. The van der Waals surface area contributed by atoms with Gasteiger partial charge >= 0.3 is 5.97 Å². The third-order valence-corrected chi connectivity index (χ3v) is 6.17. The van der Waals surface area contributed by atoms with Crippen LogP contribution >= 0.6 is 0 Å². The van der Waals surface area contributed by atoms with Gasteiger partial charge in [0.15, 0.2) is 0 Å². The summed E-state index contributed by atoms with van der Waals surface area (Å²) in [6, 6.07) is 7.76. The molecule has 0 radical (unpaired) electrons. The lowest BCUT2D eigenvalue weighted by atomic mass is 9.91. The molecule has 10 heteroatoms. The van der Waals surface area contributed by atoms with E-state index in [2.05, 4.69) is 5.10 Å². The van der Waals surface area contributed by atoms with Gasteiger partial charge in [0.2, 0.25) is 0 Å². The summed E-state index contributed by atoms with van der Waals surface area (Å²) in [5.74, 6) is -1.92. The number of fused-ring (bicyclic) bond motifs is 1. The molecule has 0 bridgehead atoms. The number of alkyl halides is 2. The van der Waals surface area contributed by atoms with E-state index in [1.165, 1.54) is 25.1 Å². The zero-order valence-electron chi connectivity index (χ0n) is 18.7. The Bertz CT molecular complexity index is 1260. The second-order valence-corrected chi connectivity index (χ2v) is 8.50. The van der Waals surface area contributed by atoms with Crippen molar-refractivity contribution in [1.29, 1.82) is 0 Å². The van der Waals surface area contributed by atoms with Crippen LogP contribution in [0.2, 0.25) is 0 Å². The van der Waals surface area contributed by atoms with Gasteiger partial charge in [0.05, 0.1) is 28.3 Å². The summed E-state index contributed by atoms with van der Waals surface area (Å²) in [6.07, 6.45) is 1.81. The summed E-state index contributed by atoms with van der Waals surface area (Å²) in [7, 11) is 1.72. The lowest BCUT2D eigenvalue weighted by Crippen LogP contribution is -2.27. The van der Waals surface area contributed by atoms with Crippen molar-refractivity contribution >= 4 is 23.0 Å². The van der Waals surface area contributed by atoms with E-state index in [0.717, 1.165) is 5.56 Å². The van der Waals surface area contributed by atoms with Crippen molar-refractivity contribution < 1.29 is 23.6 Å². The van der Waals surface area contributed by atoms with Crippen molar-refractivity contribution in [3.8, 4) is 11.1 Å². The molecule has 0 aliphatic carbocycles. The molecular weight excluding hydrogens is 446 g/mol. The summed E-state index contributed by atoms with van der Waals surface area (Å²) < 4.78 is 29.8. The standard InChI is InChI=1S/C24H24F2N4O4/c1-14(24(31)32)9-19-20(6-3-7-21(19)30(33)34)29-8-4-5-15-10-17(16-12-27-28(2)13-16)18(23(25)26)11-22(15)29/h3,6-7,10-14,23H,4-5,8-9H2,1-2H3,(H,31,32)/t14-/m1/s1. The topological polar surface area (TPSA) is 102 Å². The monoisotopic (exact) mass is 470 g/mol. The lowest BCUT2D eigenvalue weighted by molar-refractivity contribution is -0.385. The van der Waals surface area contributed by atoms with Gasteiger partial charge in [0, 0.05) is 42.7 Å². The summed E-state index contributed by atoms with van der Waals surface area (Å²) in [5.41, 5.74) is 2.81. The Morgan fingerprint density at radius 2 is 2.06 bits per heavy atom. The Morgan fingerprint density at radius 3 is 2.68 bits per heavy atom. The molecule has 178 valence electrons. The first-order chi connectivity index (χ1) is 16.2. The van der Waals surface area contributed by atoms with Gasteiger partial charge in [0.25, 0.3) is 12.1 Å². The molecule has 1 aromatic heterocycles. The van der Waals surface area contributed by atoms with Crippen molar-refractivity contribution in [3.63, 3.8) is 0 Å². The zero-order chi connectivity index (χ0) is 24.6. The fourth-order valence-corrected chi connectivity index (χ4v) is 4.48. The van der Waals surface area contributed by atoms with Crippen LogP contribution in [-0.4, -0.2) is 32.3 Å². The number of aryl methyl sites for hydroxylation is 2. The average Bonchev–Trinajstić information content (AvgIpc) is 3.23. The maximum Gasteiger partial charge on any atom is 0.306 e. The van der Waals surface area contributed by atoms with Crippen molar-refractivity contribution in [3.05, 3.63) is 69.5 Å². The number of aromatic nitrogens is 2. The number of carboxylic acids is 1. The van der Waals surface area contributed by atoms with Crippen molar-refractivity contribution in [1.82, 2.24) is 9.78 Å². The van der Waals surface area contributed by atoms with Crippen molar-refractivity contribution in [2.24, 2.45) is 13.0 Å². The SMILES string of the molecule is C[C@H](Cc1c(N2CCCc3cc(-c4cnn(C)c4)c(C(F)F)cc32)cccc1[N+](=O)[O-])C(=O)O. The number of anilines is 2. The van der Waals surface area contributed by atoms with Gasteiger partial charge in [-0.3, -0.25) is 19.6 Å². The number of benzene rings is 2. The smallest absolute Gasteiger partial charge is 0.306 e. The van der Waals surface area contributed by atoms with Crippen LogP contribution in [0.4, 0.5) is 25.8 Å². The van der Waals surface area contributed by atoms with E-state index < -0.39 is 23.2 Å². The van der Waals surface area contributed by atoms with Crippen LogP contribution in [0.25, 0.3) is 11.1 Å². The molecule has 2 aromatic carbocycles. The Labute approximate surface area is 194 Å². The highest BCUT2D eigenvalue weighted by atomic mass is 19.3. The van der Waals surface area contributed by atoms with Gasteiger partial charge < -0.3 is 10.0 Å². The Morgan fingerprint density at radius 1 is 1.29 bits per heavy atom. The van der Waals surface area contributed by atoms with E-state index in [1.807, 2.05) is 0 Å². The minimum atomic E-state index is -2.74. The van der Waals surface area contributed by atoms with Crippen LogP contribution in [0, 0.1) is 16.0 Å². The number of rotatable bonds is 7. The summed E-state index contributed by atoms with van der Waals surface area (Å²) >= 11 is 0. The third-order valence-electron chi connectivity index (χ3n) is 6.17. The Balaban J connectivity index is 1.88. The Kier molecular flexibility index (Phi) is 6.32. The first-order valence-electron chi connectivity index (χ1n) is 10.9. The van der Waals surface area contributed by atoms with E-state index in [0.29, 0.717) is 41.9 Å². The van der Waals surface area contributed by atoms with Gasteiger partial charge in [-0.1, -0.05) is 13.0 Å². The highest BCUT2D eigenvalue weighted by molar-refractivity contribution is 5.79. The minimum absolute atomic E-state index is 0.0525. The fourth-order valence-electron chi connectivity index (χ4n) is 4.48. The number of nitro groups is 1. The van der Waals surface area contributed by atoms with Crippen LogP contribution in [0.5, 0.6) is 0 Å². The average molecular weight is 470 g/mol. The van der Waals surface area contributed by atoms with Crippen molar-refractivity contribution in [2.45, 2.75) is 32.6 Å². The number of nitrogens with zero attached hydrogens (tertiary/aromatic N) is 4. The highest BCUT2D eigenvalue weighted by Crippen LogP contribution is 2.43. The fraction of sp³-hybridized carbons (Fsp3) is 0.333. The number of carbonyl (C=O) groups is 1. The van der Waals surface area contributed by atoms with Gasteiger partial charge in [-0.25, -0.2) is 8.78 Å². The van der Waals surface area contributed by atoms with E-state index in [-0.39, 0.29) is 23.2 Å². The molecular formula is C24H24F2N4O4. The van der Waals surface area contributed by atoms with Crippen LogP contribution in [0.15, 0.2) is 42.7 Å². The molecule has 34 heavy (non-hydrogen) atoms. The second-order valence-electron chi connectivity index (χ2n) is 8.50. The molecule has 3 aromatic rings. The predicted octanol–water partition coefficient (Wildman–Crippen LogP) is 5.28. The Hall–Kier alpha value is -3.82. The number of nitro benzene ring substituents is 1. The van der Waals surface area contributed by atoms with Gasteiger partial charge in [0.1, 0.15) is 0 Å². The summed E-state index contributed by atoms with van der Waals surface area (Å²) in [4.78, 5) is 24.5. The van der Waals surface area contributed by atoms with Crippen LogP contribution in [0.3, 0.4) is 0 Å². The molecule has 0 fully saturated rings. The number of carboxylic acid groups (broad SMARTS) is 1. The number of hydrogen-bond donors (Lipinski definition) is 1. The van der Waals surface area contributed by atoms with Crippen LogP contribution in [0.1, 0.15) is 36.5 Å². The first-order valence-corrected chi connectivity index (χ1v) is 10.9. The van der Waals surface area contributed by atoms with Gasteiger partial charge in [-0.05, 0) is 48.6 Å². The minimum Gasteiger partial charge on any atom is -0.481 e. The predicted molar refractivity (Wildman–Crippen MR) is 123 cm³/mol. The van der Waals surface area contributed by atoms with Crippen molar-refractivity contribution in [2.75, 3.05) is 11.4 Å². The molecule has 1 aliphatic rings. The summed E-state index contributed by atoms with van der Waals surface area (Å²) in [5, 5.41) is 25.2. The lowest BCUT2D eigenvalue weighted by Gasteiger charge is -2.34. The van der Waals surface area contributed by atoms with Crippen LogP contribution in [-0.2, 0) is 24.7 Å². The molecule has 0 spiro atoms. The molecule has 2 heterocycles. The van der Waals surface area contributed by atoms with E-state index in [1.54, 1.807) is 41.2 Å². The van der Waals surface area contributed by atoms with E-state index in [4.69, 9.17) is 0 Å². The largest absolute Gasteiger partial charge is 0.481 e. The molecule has 1 atom stereocenters. The summed E-state index contributed by atoms with van der Waals surface area (Å²) in [6.45, 7) is 1.96. The third kappa shape index (κ3) is 4.35. The zero-order valence-corrected chi connectivity index (χ0v) is 18.7. The van der Waals surface area contributed by atoms with E-state index in [9.17, 15) is 28.8 Å². The number of aliphatic carboxylic acids is 1. The molecule has 0 saturated carbocycles. The van der Waals surface area contributed by atoms with E-state index >= 15 is 0 Å². The maximum atomic E-state index is 14.1. The number of halogens is 2. The molecule has 4 rings (SSSR count). The maximum absolute atomic E-state index is 14.1. The first kappa shape index (κ1) is 23.3.